The van der Waals surface area contributed by atoms with Gasteiger partial charge in [-0.15, -0.1) is 10.2 Å². The molecule has 0 saturated carbocycles. The van der Waals surface area contributed by atoms with Crippen molar-refractivity contribution in [2.75, 3.05) is 24.7 Å². The van der Waals surface area contributed by atoms with E-state index >= 15 is 0 Å². The number of furan rings is 1. The van der Waals surface area contributed by atoms with Gasteiger partial charge in [0.15, 0.2) is 16.7 Å². The Kier molecular flexibility index (Phi) is 7.33. The Balaban J connectivity index is 1.55. The van der Waals surface area contributed by atoms with Crippen LogP contribution in [0, 0.1) is 6.92 Å². The molecule has 0 aliphatic heterocycles. The maximum atomic E-state index is 12.5. The summed E-state index contributed by atoms with van der Waals surface area (Å²) in [7, 11) is 1.61. The van der Waals surface area contributed by atoms with Crippen molar-refractivity contribution < 1.29 is 14.0 Å². The average molecular weight is 492 g/mol. The molecule has 2 amide bonds. The summed E-state index contributed by atoms with van der Waals surface area (Å²) in [6, 6.07) is 9.20. The number of hydrogen-bond donors (Lipinski definition) is 1. The Morgan fingerprint density at radius 1 is 1.30 bits per heavy atom. The maximum Gasteiger partial charge on any atom is 0.243 e. The number of thioether (sulfide) groups is 1. The number of hydrogen-bond acceptors (Lipinski definition) is 6. The van der Waals surface area contributed by atoms with Crippen LogP contribution in [0.25, 0.3) is 11.6 Å². The third kappa shape index (κ3) is 5.31. The van der Waals surface area contributed by atoms with Crippen LogP contribution >= 0.6 is 27.7 Å². The second-order valence-electron chi connectivity index (χ2n) is 6.57. The molecule has 158 valence electrons. The number of aryl methyl sites for hydroxylation is 1. The highest BCUT2D eigenvalue weighted by atomic mass is 79.9. The van der Waals surface area contributed by atoms with Gasteiger partial charge in [0.05, 0.1) is 18.6 Å². The lowest BCUT2D eigenvalue weighted by molar-refractivity contribution is -0.131. The molecule has 2 heterocycles. The molecule has 3 rings (SSSR count). The minimum Gasteiger partial charge on any atom is -0.461 e. The predicted octanol–water partition coefficient (Wildman–Crippen LogP) is 3.82. The van der Waals surface area contributed by atoms with E-state index in [1.807, 2.05) is 42.7 Å². The van der Waals surface area contributed by atoms with E-state index in [2.05, 4.69) is 31.4 Å². The zero-order chi connectivity index (χ0) is 21.7. The fourth-order valence-electron chi connectivity index (χ4n) is 2.77. The van der Waals surface area contributed by atoms with Crippen molar-refractivity contribution in [2.24, 2.45) is 0 Å². The van der Waals surface area contributed by atoms with E-state index < -0.39 is 0 Å². The number of carbonyl (C=O) groups excluding carboxylic acids is 2. The average Bonchev–Trinajstić information content (AvgIpc) is 3.37. The minimum atomic E-state index is -0.252. The molecule has 0 fully saturated rings. The SMILES string of the molecule is CCn1c(SCC(=O)N(C)CC(=O)Nc2ccc(Br)cc2C)nnc1-c1ccco1. The third-order valence-electron chi connectivity index (χ3n) is 4.37. The molecule has 0 aliphatic rings. The van der Waals surface area contributed by atoms with Crippen molar-refractivity contribution in [1.29, 1.82) is 0 Å². The summed E-state index contributed by atoms with van der Waals surface area (Å²) in [6.07, 6.45) is 1.58. The number of halogens is 1. The maximum absolute atomic E-state index is 12.5. The molecule has 0 unspecified atom stereocenters. The van der Waals surface area contributed by atoms with Crippen LogP contribution in [0.4, 0.5) is 5.69 Å². The molecule has 0 bridgehead atoms. The fourth-order valence-corrected chi connectivity index (χ4v) is 4.18. The standard InChI is InChI=1S/C20H22BrN5O3S/c1-4-26-19(16-6-5-9-29-16)23-24-20(26)30-12-18(28)25(3)11-17(27)22-15-8-7-14(21)10-13(15)2/h5-10H,4,11-12H2,1-3H3,(H,22,27). The van der Waals surface area contributed by atoms with E-state index in [1.165, 1.54) is 16.7 Å². The van der Waals surface area contributed by atoms with Gasteiger partial charge in [-0.1, -0.05) is 27.7 Å². The van der Waals surface area contributed by atoms with E-state index in [0.717, 1.165) is 15.7 Å². The van der Waals surface area contributed by atoms with Crippen LogP contribution in [-0.4, -0.2) is 50.8 Å². The van der Waals surface area contributed by atoms with Crippen LogP contribution in [0.15, 0.2) is 50.6 Å². The van der Waals surface area contributed by atoms with Crippen molar-refractivity contribution in [3.05, 3.63) is 46.6 Å². The van der Waals surface area contributed by atoms with E-state index in [-0.39, 0.29) is 24.1 Å². The van der Waals surface area contributed by atoms with Crippen LogP contribution in [0.1, 0.15) is 12.5 Å². The number of nitrogens with one attached hydrogen (secondary N) is 1. The molecule has 30 heavy (non-hydrogen) atoms. The van der Waals surface area contributed by atoms with Crippen molar-refractivity contribution in [3.8, 4) is 11.6 Å². The van der Waals surface area contributed by atoms with Crippen LogP contribution in [0.5, 0.6) is 0 Å². The normalized spacial score (nSPS) is 10.8. The largest absolute Gasteiger partial charge is 0.461 e. The first kappa shape index (κ1) is 22.1. The number of likely N-dealkylation sites (N-methyl/N-ethyl adjacent to an activating group) is 1. The Labute approximate surface area is 187 Å². The zero-order valence-electron chi connectivity index (χ0n) is 16.9. The van der Waals surface area contributed by atoms with E-state index in [4.69, 9.17) is 4.42 Å². The molecular weight excluding hydrogens is 470 g/mol. The van der Waals surface area contributed by atoms with Gasteiger partial charge in [-0.3, -0.25) is 14.2 Å². The number of aromatic nitrogens is 3. The van der Waals surface area contributed by atoms with Crippen molar-refractivity contribution in [1.82, 2.24) is 19.7 Å². The molecule has 10 heteroatoms. The number of carbonyl (C=O) groups is 2. The first-order valence-corrected chi connectivity index (χ1v) is 11.1. The molecular formula is C20H22BrN5O3S. The van der Waals surface area contributed by atoms with E-state index in [9.17, 15) is 9.59 Å². The predicted molar refractivity (Wildman–Crippen MR) is 119 cm³/mol. The zero-order valence-corrected chi connectivity index (χ0v) is 19.3. The molecule has 3 aromatic rings. The molecule has 0 aliphatic carbocycles. The van der Waals surface area contributed by atoms with Gasteiger partial charge in [0.25, 0.3) is 0 Å². The Morgan fingerprint density at radius 3 is 2.77 bits per heavy atom. The van der Waals surface area contributed by atoms with Crippen LogP contribution < -0.4 is 5.32 Å². The molecule has 8 nitrogen and oxygen atoms in total. The van der Waals surface area contributed by atoms with Gasteiger partial charge in [-0.2, -0.15) is 0 Å². The molecule has 0 atom stereocenters. The molecule has 0 spiro atoms. The van der Waals surface area contributed by atoms with Gasteiger partial charge in [0.2, 0.25) is 11.8 Å². The quantitative estimate of drug-likeness (QED) is 0.481. The first-order valence-electron chi connectivity index (χ1n) is 9.29. The van der Waals surface area contributed by atoms with Gasteiger partial charge in [-0.25, -0.2) is 0 Å². The number of amides is 2. The second kappa shape index (κ2) is 9.94. The summed E-state index contributed by atoms with van der Waals surface area (Å²) in [5.74, 6) is 0.970. The first-order chi connectivity index (χ1) is 14.4. The molecule has 0 saturated heterocycles. The topological polar surface area (TPSA) is 93.3 Å². The Hall–Kier alpha value is -2.59. The highest BCUT2D eigenvalue weighted by molar-refractivity contribution is 9.10. The lowest BCUT2D eigenvalue weighted by Crippen LogP contribution is -2.36. The summed E-state index contributed by atoms with van der Waals surface area (Å²) < 4.78 is 8.22. The van der Waals surface area contributed by atoms with Gasteiger partial charge >= 0.3 is 0 Å². The number of benzene rings is 1. The number of anilines is 1. The Bertz CT molecular complexity index is 1040. The summed E-state index contributed by atoms with van der Waals surface area (Å²) in [4.78, 5) is 26.2. The smallest absolute Gasteiger partial charge is 0.243 e. The summed E-state index contributed by atoms with van der Waals surface area (Å²) >= 11 is 4.68. The number of nitrogens with zero attached hydrogens (tertiary/aromatic N) is 4. The van der Waals surface area contributed by atoms with Gasteiger partial charge in [0, 0.05) is 23.8 Å². The highest BCUT2D eigenvalue weighted by Crippen LogP contribution is 2.24. The molecule has 0 radical (unpaired) electrons. The van der Waals surface area contributed by atoms with Gasteiger partial charge in [-0.05, 0) is 49.7 Å². The summed E-state index contributed by atoms with van der Waals surface area (Å²) in [6.45, 7) is 4.49. The fraction of sp³-hybridized carbons (Fsp3) is 0.300. The van der Waals surface area contributed by atoms with Crippen molar-refractivity contribution in [3.63, 3.8) is 0 Å². The summed E-state index contributed by atoms with van der Waals surface area (Å²) in [5, 5.41) is 11.8. The molecule has 1 N–H and O–H groups in total. The van der Waals surface area contributed by atoms with Crippen molar-refractivity contribution in [2.45, 2.75) is 25.5 Å². The number of rotatable bonds is 8. The monoisotopic (exact) mass is 491 g/mol. The Morgan fingerprint density at radius 2 is 2.10 bits per heavy atom. The highest BCUT2D eigenvalue weighted by Gasteiger charge is 2.18. The van der Waals surface area contributed by atoms with Crippen molar-refractivity contribution >= 4 is 45.2 Å². The lowest BCUT2D eigenvalue weighted by Gasteiger charge is -2.17. The van der Waals surface area contributed by atoms with E-state index in [0.29, 0.717) is 23.3 Å². The van der Waals surface area contributed by atoms with Crippen LogP contribution in [0.3, 0.4) is 0 Å². The van der Waals surface area contributed by atoms with E-state index in [1.54, 1.807) is 19.4 Å². The molecule has 1 aromatic carbocycles. The van der Waals surface area contributed by atoms with Crippen LogP contribution in [0.2, 0.25) is 0 Å². The molecule has 2 aromatic heterocycles. The van der Waals surface area contributed by atoms with Gasteiger partial charge in [0.1, 0.15) is 0 Å². The lowest BCUT2D eigenvalue weighted by atomic mass is 10.2. The second-order valence-corrected chi connectivity index (χ2v) is 8.43. The third-order valence-corrected chi connectivity index (χ3v) is 5.81. The summed E-state index contributed by atoms with van der Waals surface area (Å²) in [5.41, 5.74) is 1.66. The van der Waals surface area contributed by atoms with Crippen LogP contribution in [-0.2, 0) is 16.1 Å². The minimum absolute atomic E-state index is 0.0347. The van der Waals surface area contributed by atoms with Gasteiger partial charge < -0.3 is 14.6 Å².